The number of nitrogens with one attached hydrogen (secondary N) is 1. The Labute approximate surface area is 235 Å². The van der Waals surface area contributed by atoms with Crippen molar-refractivity contribution in [2.24, 2.45) is 0 Å². The molecule has 1 atom stereocenters. The number of halogens is 1. The lowest BCUT2D eigenvalue weighted by molar-refractivity contribution is -0.139. The quantitative estimate of drug-likeness (QED) is 0.325. The topological polar surface area (TPSA) is 96.0 Å². The summed E-state index contributed by atoms with van der Waals surface area (Å²) in [6.07, 6.45) is 0.854. The van der Waals surface area contributed by atoms with Gasteiger partial charge in [-0.05, 0) is 55.7 Å². The average Bonchev–Trinajstić information content (AvgIpc) is 2.94. The van der Waals surface area contributed by atoms with E-state index in [0.717, 1.165) is 9.87 Å². The Morgan fingerprint density at radius 1 is 0.974 bits per heavy atom. The highest BCUT2D eigenvalue weighted by Gasteiger charge is 2.34. The molecular formula is C29H34ClN3O5S. The summed E-state index contributed by atoms with van der Waals surface area (Å²) in [4.78, 5) is 28.4. The fraction of sp³-hybridized carbons (Fsp3) is 0.310. The summed E-state index contributed by atoms with van der Waals surface area (Å²) in [5.74, 6) is -0.580. The second-order valence-corrected chi connectivity index (χ2v) is 11.1. The van der Waals surface area contributed by atoms with Crippen LogP contribution in [0.2, 0.25) is 5.02 Å². The Hall–Kier alpha value is -3.56. The molecule has 2 amide bonds. The predicted octanol–water partition coefficient (Wildman–Crippen LogP) is 4.53. The first kappa shape index (κ1) is 30.0. The van der Waals surface area contributed by atoms with Gasteiger partial charge in [0, 0.05) is 18.1 Å². The van der Waals surface area contributed by atoms with Crippen molar-refractivity contribution in [1.29, 1.82) is 0 Å². The van der Waals surface area contributed by atoms with Gasteiger partial charge < -0.3 is 15.0 Å². The highest BCUT2D eigenvalue weighted by molar-refractivity contribution is 7.92. The van der Waals surface area contributed by atoms with Crippen molar-refractivity contribution in [1.82, 2.24) is 10.2 Å². The molecule has 0 fully saturated rings. The van der Waals surface area contributed by atoms with Crippen molar-refractivity contribution < 1.29 is 22.7 Å². The number of anilines is 1. The molecule has 0 radical (unpaired) electrons. The van der Waals surface area contributed by atoms with Crippen LogP contribution in [0, 0.1) is 0 Å². The summed E-state index contributed by atoms with van der Waals surface area (Å²) in [5.41, 5.74) is 1.11. The maximum atomic E-state index is 14.0. The molecule has 0 heterocycles. The largest absolute Gasteiger partial charge is 0.495 e. The Morgan fingerprint density at radius 2 is 1.62 bits per heavy atom. The summed E-state index contributed by atoms with van der Waals surface area (Å²) in [5, 5.41) is 3.07. The first-order valence-corrected chi connectivity index (χ1v) is 14.6. The third-order valence-corrected chi connectivity index (χ3v) is 8.25. The fourth-order valence-electron chi connectivity index (χ4n) is 4.28. The minimum Gasteiger partial charge on any atom is -0.495 e. The highest BCUT2D eigenvalue weighted by atomic mass is 35.5. The lowest BCUT2D eigenvalue weighted by atomic mass is 10.1. The summed E-state index contributed by atoms with van der Waals surface area (Å²) in [6, 6.07) is 21.2. The molecule has 0 saturated carbocycles. The molecule has 0 aliphatic carbocycles. The summed E-state index contributed by atoms with van der Waals surface area (Å²) in [6.45, 7) is 3.70. The third kappa shape index (κ3) is 7.52. The molecule has 0 aliphatic heterocycles. The van der Waals surface area contributed by atoms with Crippen molar-refractivity contribution in [2.45, 2.75) is 37.6 Å². The van der Waals surface area contributed by atoms with Gasteiger partial charge in [-0.15, -0.1) is 0 Å². The summed E-state index contributed by atoms with van der Waals surface area (Å²) in [7, 11) is -2.80. The number of nitrogens with zero attached hydrogens (tertiary/aromatic N) is 2. The Bertz CT molecular complexity index is 1350. The molecule has 0 spiro atoms. The van der Waals surface area contributed by atoms with E-state index in [1.807, 2.05) is 37.3 Å². The van der Waals surface area contributed by atoms with Gasteiger partial charge in [-0.1, -0.05) is 67.1 Å². The molecule has 0 bridgehead atoms. The third-order valence-electron chi connectivity index (χ3n) is 6.24. The Kier molecular flexibility index (Phi) is 10.8. The number of benzene rings is 3. The van der Waals surface area contributed by atoms with Gasteiger partial charge in [-0.25, -0.2) is 8.42 Å². The lowest BCUT2D eigenvalue weighted by Crippen LogP contribution is -2.53. The van der Waals surface area contributed by atoms with Crippen LogP contribution in [0.5, 0.6) is 5.75 Å². The zero-order chi connectivity index (χ0) is 28.4. The van der Waals surface area contributed by atoms with Crippen LogP contribution >= 0.6 is 11.6 Å². The first-order chi connectivity index (χ1) is 18.7. The number of carbonyl (C=O) groups is 2. The van der Waals surface area contributed by atoms with Crippen LogP contribution in [-0.4, -0.2) is 57.9 Å². The number of hydrogen-bond acceptors (Lipinski definition) is 5. The smallest absolute Gasteiger partial charge is 0.264 e. The number of amides is 2. The maximum absolute atomic E-state index is 14.0. The van der Waals surface area contributed by atoms with Gasteiger partial charge in [-0.3, -0.25) is 13.9 Å². The van der Waals surface area contributed by atoms with Crippen LogP contribution in [0.4, 0.5) is 5.69 Å². The summed E-state index contributed by atoms with van der Waals surface area (Å²) >= 11 is 6.25. The number of sulfonamides is 1. The molecule has 3 aromatic carbocycles. The van der Waals surface area contributed by atoms with E-state index in [-0.39, 0.29) is 33.8 Å². The zero-order valence-electron chi connectivity index (χ0n) is 22.3. The monoisotopic (exact) mass is 571 g/mol. The van der Waals surface area contributed by atoms with Gasteiger partial charge in [0.25, 0.3) is 10.0 Å². The Balaban J connectivity index is 2.06. The molecule has 39 heavy (non-hydrogen) atoms. The molecule has 10 heteroatoms. The van der Waals surface area contributed by atoms with Gasteiger partial charge >= 0.3 is 0 Å². The van der Waals surface area contributed by atoms with Crippen LogP contribution in [0.3, 0.4) is 0 Å². The van der Waals surface area contributed by atoms with E-state index in [9.17, 15) is 18.0 Å². The van der Waals surface area contributed by atoms with E-state index in [1.165, 1.54) is 30.2 Å². The second-order valence-electron chi connectivity index (χ2n) is 8.78. The molecule has 1 N–H and O–H groups in total. The molecule has 8 nitrogen and oxygen atoms in total. The van der Waals surface area contributed by atoms with Crippen molar-refractivity contribution in [3.05, 3.63) is 89.4 Å². The molecule has 0 unspecified atom stereocenters. The molecular weight excluding hydrogens is 538 g/mol. The number of rotatable bonds is 13. The number of likely N-dealkylation sites (N-methyl/N-ethyl adjacent to an activating group) is 1. The molecule has 0 aliphatic rings. The van der Waals surface area contributed by atoms with E-state index >= 15 is 0 Å². The van der Waals surface area contributed by atoms with E-state index in [1.54, 1.807) is 37.3 Å². The number of ether oxygens (including phenoxy) is 1. The van der Waals surface area contributed by atoms with E-state index in [0.29, 0.717) is 19.4 Å². The first-order valence-electron chi connectivity index (χ1n) is 12.7. The van der Waals surface area contributed by atoms with Crippen LogP contribution < -0.4 is 14.4 Å². The summed E-state index contributed by atoms with van der Waals surface area (Å²) < 4.78 is 34.2. The van der Waals surface area contributed by atoms with Crippen molar-refractivity contribution in [2.75, 3.05) is 31.0 Å². The van der Waals surface area contributed by atoms with Gasteiger partial charge in [0.15, 0.2) is 0 Å². The highest BCUT2D eigenvalue weighted by Crippen LogP contribution is 2.35. The SMILES string of the molecule is CCNC(=O)[C@@H](CC)N(CCc1ccccc1)C(=O)CN(c1cc(Cl)ccc1OC)S(=O)(=O)c1ccccc1. The van der Waals surface area contributed by atoms with Gasteiger partial charge in [-0.2, -0.15) is 0 Å². The molecule has 0 aromatic heterocycles. The lowest BCUT2D eigenvalue weighted by Gasteiger charge is -2.33. The standard InChI is InChI=1S/C29H34ClN3O5S/c1-4-25(29(35)31-5-2)32(19-18-22-12-8-6-9-13-22)28(34)21-33(26-20-23(30)16-17-27(26)38-3)39(36,37)24-14-10-7-11-15-24/h6-17,20,25H,4-5,18-19,21H2,1-3H3,(H,31,35)/t25-/m1/s1. The molecule has 3 rings (SSSR count). The maximum Gasteiger partial charge on any atom is 0.264 e. The van der Waals surface area contributed by atoms with E-state index in [4.69, 9.17) is 16.3 Å². The van der Waals surface area contributed by atoms with Gasteiger partial charge in [0.2, 0.25) is 11.8 Å². The van der Waals surface area contributed by atoms with E-state index in [2.05, 4.69) is 5.32 Å². The van der Waals surface area contributed by atoms with Crippen LogP contribution in [0.15, 0.2) is 83.8 Å². The molecule has 208 valence electrons. The number of carbonyl (C=O) groups excluding carboxylic acids is 2. The van der Waals surface area contributed by atoms with Crippen LogP contribution in [-0.2, 0) is 26.0 Å². The number of hydrogen-bond donors (Lipinski definition) is 1. The second kappa shape index (κ2) is 14.0. The molecule has 0 saturated heterocycles. The average molecular weight is 572 g/mol. The zero-order valence-corrected chi connectivity index (χ0v) is 23.9. The van der Waals surface area contributed by atoms with Crippen LogP contribution in [0.25, 0.3) is 0 Å². The van der Waals surface area contributed by atoms with Crippen molar-refractivity contribution in [3.63, 3.8) is 0 Å². The fourth-order valence-corrected chi connectivity index (χ4v) is 5.88. The van der Waals surface area contributed by atoms with Crippen LogP contribution in [0.1, 0.15) is 25.8 Å². The van der Waals surface area contributed by atoms with Gasteiger partial charge in [0.05, 0.1) is 17.7 Å². The normalized spacial score (nSPS) is 11.9. The minimum atomic E-state index is -4.22. The van der Waals surface area contributed by atoms with Crippen molar-refractivity contribution in [3.8, 4) is 5.75 Å². The van der Waals surface area contributed by atoms with Gasteiger partial charge in [0.1, 0.15) is 18.3 Å². The number of methoxy groups -OCH3 is 1. The predicted molar refractivity (Wildman–Crippen MR) is 154 cm³/mol. The molecule has 3 aromatic rings. The Morgan fingerprint density at radius 3 is 2.21 bits per heavy atom. The van der Waals surface area contributed by atoms with E-state index < -0.39 is 28.5 Å². The minimum absolute atomic E-state index is 0.00596. The van der Waals surface area contributed by atoms with Crippen molar-refractivity contribution >= 4 is 39.1 Å².